The van der Waals surface area contributed by atoms with Gasteiger partial charge in [0.2, 0.25) is 5.91 Å². The van der Waals surface area contributed by atoms with Crippen molar-refractivity contribution in [3.05, 3.63) is 35.8 Å². The molecule has 0 aromatic carbocycles. The number of hydrogen-bond donors (Lipinski definition) is 2. The molecule has 1 aliphatic heterocycles. The van der Waals surface area contributed by atoms with E-state index in [1.807, 2.05) is 37.1 Å². The number of amides is 1. The first-order chi connectivity index (χ1) is 12.5. The molecule has 26 heavy (non-hydrogen) atoms. The van der Waals surface area contributed by atoms with Crippen LogP contribution in [0.1, 0.15) is 31.7 Å². The highest BCUT2D eigenvalue weighted by molar-refractivity contribution is 5.81. The summed E-state index contributed by atoms with van der Waals surface area (Å²) < 4.78 is 2.08. The lowest BCUT2D eigenvalue weighted by molar-refractivity contribution is -0.133. The van der Waals surface area contributed by atoms with Crippen LogP contribution in [-0.2, 0) is 11.3 Å². The lowest BCUT2D eigenvalue weighted by Crippen LogP contribution is -2.45. The zero-order chi connectivity index (χ0) is 18.7. The fourth-order valence-electron chi connectivity index (χ4n) is 3.29. The van der Waals surface area contributed by atoms with Crippen LogP contribution in [0.4, 0.5) is 0 Å². The van der Waals surface area contributed by atoms with Gasteiger partial charge in [0.25, 0.3) is 0 Å². The number of fused-ring (bicyclic) bond motifs is 1. The third kappa shape index (κ3) is 3.98. The van der Waals surface area contributed by atoms with Gasteiger partial charge in [-0.05, 0) is 25.5 Å². The average molecular weight is 356 g/mol. The minimum absolute atomic E-state index is 0.0460. The Balaban J connectivity index is 1.55. The molecule has 2 aromatic heterocycles. The van der Waals surface area contributed by atoms with Gasteiger partial charge in [0.15, 0.2) is 5.96 Å². The number of aryl methyl sites for hydroxylation is 1. The van der Waals surface area contributed by atoms with Crippen LogP contribution in [0.15, 0.2) is 29.4 Å². The molecule has 140 valence electrons. The number of rotatable bonds is 4. The molecule has 0 spiro atoms. The number of nitrogens with one attached hydrogen (secondary N) is 2. The van der Waals surface area contributed by atoms with Gasteiger partial charge in [0.05, 0.1) is 12.2 Å². The molecule has 1 saturated heterocycles. The van der Waals surface area contributed by atoms with Gasteiger partial charge in [-0.15, -0.1) is 0 Å². The van der Waals surface area contributed by atoms with Crippen molar-refractivity contribution >= 4 is 17.5 Å². The summed E-state index contributed by atoms with van der Waals surface area (Å²) in [5, 5.41) is 6.73. The molecule has 2 aromatic rings. The maximum Gasteiger partial charge on any atom is 0.225 e. The molecule has 0 aliphatic carbocycles. The van der Waals surface area contributed by atoms with E-state index in [-0.39, 0.29) is 17.9 Å². The van der Waals surface area contributed by atoms with Gasteiger partial charge < -0.3 is 19.9 Å². The Kier molecular flexibility index (Phi) is 5.44. The molecule has 7 nitrogen and oxygen atoms in total. The molecule has 3 heterocycles. The second-order valence-electron chi connectivity index (χ2n) is 7.12. The molecule has 2 N–H and O–H groups in total. The number of likely N-dealkylation sites (tertiary alicyclic amines) is 1. The highest BCUT2D eigenvalue weighted by Gasteiger charge is 2.27. The van der Waals surface area contributed by atoms with Gasteiger partial charge in [-0.3, -0.25) is 9.79 Å². The summed E-state index contributed by atoms with van der Waals surface area (Å²) >= 11 is 0. The molecule has 0 saturated carbocycles. The Morgan fingerprint density at radius 1 is 1.42 bits per heavy atom. The van der Waals surface area contributed by atoms with Crippen molar-refractivity contribution in [3.63, 3.8) is 0 Å². The molecule has 7 heteroatoms. The van der Waals surface area contributed by atoms with Crippen LogP contribution < -0.4 is 10.6 Å². The molecule has 3 rings (SSSR count). The summed E-state index contributed by atoms with van der Waals surface area (Å²) in [5.74, 6) is 1.00. The fourth-order valence-corrected chi connectivity index (χ4v) is 3.29. The number of carbonyl (C=O) groups is 1. The minimum Gasteiger partial charge on any atom is -0.352 e. The predicted octanol–water partition coefficient (Wildman–Crippen LogP) is 1.56. The van der Waals surface area contributed by atoms with Crippen LogP contribution in [-0.4, -0.2) is 52.3 Å². The van der Waals surface area contributed by atoms with E-state index >= 15 is 0 Å². The second-order valence-corrected chi connectivity index (χ2v) is 7.12. The van der Waals surface area contributed by atoms with E-state index in [9.17, 15) is 4.79 Å². The summed E-state index contributed by atoms with van der Waals surface area (Å²) in [6.07, 6.45) is 2.98. The van der Waals surface area contributed by atoms with Crippen molar-refractivity contribution in [2.24, 2.45) is 10.9 Å². The van der Waals surface area contributed by atoms with E-state index in [2.05, 4.69) is 38.0 Å². The van der Waals surface area contributed by atoms with Gasteiger partial charge in [0, 0.05) is 44.0 Å². The van der Waals surface area contributed by atoms with E-state index < -0.39 is 0 Å². The molecule has 1 aliphatic rings. The van der Waals surface area contributed by atoms with Gasteiger partial charge in [-0.1, -0.05) is 19.9 Å². The van der Waals surface area contributed by atoms with E-state index in [1.165, 1.54) is 0 Å². The maximum atomic E-state index is 12.1. The Bertz CT molecular complexity index is 809. The SMILES string of the molecule is CN=C(NCc1cn2c(C)cccc2n1)NC1CCN(C(=O)C(C)C)C1. The smallest absolute Gasteiger partial charge is 0.225 e. The van der Waals surface area contributed by atoms with Gasteiger partial charge in [0.1, 0.15) is 5.65 Å². The molecule has 1 fully saturated rings. The number of pyridine rings is 1. The highest BCUT2D eigenvalue weighted by Crippen LogP contribution is 2.13. The van der Waals surface area contributed by atoms with Crippen LogP contribution in [0, 0.1) is 12.8 Å². The van der Waals surface area contributed by atoms with Gasteiger partial charge >= 0.3 is 0 Å². The quantitative estimate of drug-likeness (QED) is 0.644. The third-order valence-corrected chi connectivity index (χ3v) is 4.74. The molecule has 1 atom stereocenters. The number of guanidine groups is 1. The van der Waals surface area contributed by atoms with Crippen molar-refractivity contribution in [3.8, 4) is 0 Å². The topological polar surface area (TPSA) is 74.0 Å². The summed E-state index contributed by atoms with van der Waals surface area (Å²) in [7, 11) is 1.76. The summed E-state index contributed by atoms with van der Waals surface area (Å²) in [6.45, 7) is 8.09. The number of nitrogens with zero attached hydrogens (tertiary/aromatic N) is 4. The molecule has 0 bridgehead atoms. The Morgan fingerprint density at radius 3 is 2.92 bits per heavy atom. The first kappa shape index (κ1) is 18.2. The predicted molar refractivity (Wildman–Crippen MR) is 103 cm³/mol. The number of imidazole rings is 1. The van der Waals surface area contributed by atoms with Crippen LogP contribution in [0.2, 0.25) is 0 Å². The number of aliphatic imine (C=N–C) groups is 1. The van der Waals surface area contributed by atoms with Crippen molar-refractivity contribution in [1.29, 1.82) is 0 Å². The van der Waals surface area contributed by atoms with Gasteiger partial charge in [-0.25, -0.2) is 4.98 Å². The monoisotopic (exact) mass is 356 g/mol. The Hall–Kier alpha value is -2.57. The zero-order valence-electron chi connectivity index (χ0n) is 16.0. The Morgan fingerprint density at radius 2 is 2.23 bits per heavy atom. The van der Waals surface area contributed by atoms with Crippen LogP contribution in [0.3, 0.4) is 0 Å². The molecule has 1 unspecified atom stereocenters. The average Bonchev–Trinajstić information content (AvgIpc) is 3.25. The Labute approximate surface area is 154 Å². The molecular weight excluding hydrogens is 328 g/mol. The number of carbonyl (C=O) groups excluding carboxylic acids is 1. The van der Waals surface area contributed by atoms with E-state index in [0.717, 1.165) is 42.5 Å². The first-order valence-electron chi connectivity index (χ1n) is 9.17. The van der Waals surface area contributed by atoms with Crippen molar-refractivity contribution in [1.82, 2.24) is 24.9 Å². The molecule has 0 radical (unpaired) electrons. The number of hydrogen-bond acceptors (Lipinski definition) is 3. The van der Waals surface area contributed by atoms with Crippen molar-refractivity contribution in [2.45, 2.75) is 39.8 Å². The first-order valence-corrected chi connectivity index (χ1v) is 9.17. The maximum absolute atomic E-state index is 12.1. The standard InChI is InChI=1S/C19H28N6O/c1-13(2)18(26)24-9-8-15(11-24)23-19(20-4)21-10-16-12-25-14(3)6-5-7-17(25)22-16/h5-7,12-13,15H,8-11H2,1-4H3,(H2,20,21,23). The highest BCUT2D eigenvalue weighted by atomic mass is 16.2. The van der Waals surface area contributed by atoms with Crippen molar-refractivity contribution in [2.75, 3.05) is 20.1 Å². The normalized spacial score (nSPS) is 18.0. The van der Waals surface area contributed by atoms with E-state index in [0.29, 0.717) is 6.54 Å². The largest absolute Gasteiger partial charge is 0.352 e. The summed E-state index contributed by atoms with van der Waals surface area (Å²) in [6, 6.07) is 6.31. The third-order valence-electron chi connectivity index (χ3n) is 4.74. The lowest BCUT2D eigenvalue weighted by Gasteiger charge is -2.20. The second kappa shape index (κ2) is 7.76. The summed E-state index contributed by atoms with van der Waals surface area (Å²) in [5.41, 5.74) is 3.07. The van der Waals surface area contributed by atoms with Gasteiger partial charge in [-0.2, -0.15) is 0 Å². The van der Waals surface area contributed by atoms with Crippen LogP contribution in [0.25, 0.3) is 5.65 Å². The van der Waals surface area contributed by atoms with E-state index in [1.54, 1.807) is 7.05 Å². The lowest BCUT2D eigenvalue weighted by atomic mass is 10.2. The minimum atomic E-state index is 0.0460. The molecular formula is C19H28N6O. The van der Waals surface area contributed by atoms with Crippen molar-refractivity contribution < 1.29 is 4.79 Å². The fraction of sp³-hybridized carbons (Fsp3) is 0.526. The van der Waals surface area contributed by atoms with E-state index in [4.69, 9.17) is 0 Å². The molecule has 1 amide bonds. The zero-order valence-corrected chi connectivity index (χ0v) is 16.0. The van der Waals surface area contributed by atoms with Crippen LogP contribution >= 0.6 is 0 Å². The van der Waals surface area contributed by atoms with Crippen LogP contribution in [0.5, 0.6) is 0 Å². The summed E-state index contributed by atoms with van der Waals surface area (Å²) in [4.78, 5) is 23.0. The number of aromatic nitrogens is 2.